The summed E-state index contributed by atoms with van der Waals surface area (Å²) >= 11 is 1.55. The van der Waals surface area contributed by atoms with E-state index in [4.69, 9.17) is 5.11 Å². The van der Waals surface area contributed by atoms with Crippen LogP contribution in [-0.2, 0) is 4.79 Å². The molecule has 104 valence electrons. The molecule has 0 aromatic heterocycles. The lowest BCUT2D eigenvalue weighted by Crippen LogP contribution is -2.19. The second kappa shape index (κ2) is 6.10. The van der Waals surface area contributed by atoms with Crippen LogP contribution in [0.5, 0.6) is 0 Å². The van der Waals surface area contributed by atoms with E-state index in [1.807, 2.05) is 27.7 Å². The van der Waals surface area contributed by atoms with Crippen molar-refractivity contribution in [2.24, 2.45) is 0 Å². The zero-order valence-corrected chi connectivity index (χ0v) is 12.4. The molecule has 4 nitrogen and oxygen atoms in total. The predicted octanol–water partition coefficient (Wildman–Crippen LogP) is 3.16. The fourth-order valence-corrected chi connectivity index (χ4v) is 1.99. The van der Waals surface area contributed by atoms with Gasteiger partial charge in [-0.1, -0.05) is 26.8 Å². The molecule has 19 heavy (non-hydrogen) atoms. The minimum absolute atomic E-state index is 0.0231. The van der Waals surface area contributed by atoms with Gasteiger partial charge in [0.05, 0.1) is 11.3 Å². The average Bonchev–Trinajstić information content (AvgIpc) is 2.28. The Labute approximate surface area is 117 Å². The number of carbonyl (C=O) groups excluding carboxylic acids is 1. The van der Waals surface area contributed by atoms with E-state index in [0.717, 1.165) is 5.56 Å². The van der Waals surface area contributed by atoms with Crippen LogP contribution in [0.25, 0.3) is 0 Å². The highest BCUT2D eigenvalue weighted by Crippen LogP contribution is 2.23. The lowest BCUT2D eigenvalue weighted by Gasteiger charge is -2.17. The number of carboxylic acid groups (broad SMARTS) is 1. The molecule has 0 unspecified atom stereocenters. The van der Waals surface area contributed by atoms with Crippen molar-refractivity contribution in [3.05, 3.63) is 29.3 Å². The van der Waals surface area contributed by atoms with Crippen molar-refractivity contribution in [1.29, 1.82) is 0 Å². The minimum atomic E-state index is -1.00. The summed E-state index contributed by atoms with van der Waals surface area (Å²) in [6.45, 7) is 7.96. The predicted molar refractivity (Wildman–Crippen MR) is 79.0 cm³/mol. The molecule has 0 aliphatic heterocycles. The normalized spacial score (nSPS) is 11.2. The molecule has 1 amide bonds. The molecule has 0 heterocycles. The highest BCUT2D eigenvalue weighted by molar-refractivity contribution is 8.01. The van der Waals surface area contributed by atoms with E-state index in [1.165, 1.54) is 12.1 Å². The lowest BCUT2D eigenvalue weighted by atomic mass is 10.1. The zero-order valence-electron chi connectivity index (χ0n) is 11.6. The number of thioether (sulfide) groups is 1. The molecule has 1 rings (SSSR count). The molecule has 0 bridgehead atoms. The molecular formula is C14H19NO3S. The number of hydrogen-bond donors (Lipinski definition) is 2. The maximum Gasteiger partial charge on any atom is 0.335 e. The largest absolute Gasteiger partial charge is 0.478 e. The number of rotatable bonds is 4. The van der Waals surface area contributed by atoms with Crippen LogP contribution in [0, 0.1) is 6.92 Å². The van der Waals surface area contributed by atoms with Crippen molar-refractivity contribution in [2.45, 2.75) is 32.4 Å². The Balaban J connectivity index is 2.73. The van der Waals surface area contributed by atoms with Crippen molar-refractivity contribution in [3.8, 4) is 0 Å². The first kappa shape index (κ1) is 15.6. The van der Waals surface area contributed by atoms with E-state index in [0.29, 0.717) is 11.4 Å². The van der Waals surface area contributed by atoms with Crippen LogP contribution in [0.4, 0.5) is 5.69 Å². The van der Waals surface area contributed by atoms with Gasteiger partial charge in [-0.15, -0.1) is 11.8 Å². The third-order valence-corrected chi connectivity index (χ3v) is 3.67. The first-order chi connectivity index (χ1) is 8.69. The Kier molecular flexibility index (Phi) is 5.00. The van der Waals surface area contributed by atoms with Crippen molar-refractivity contribution >= 4 is 29.3 Å². The molecule has 0 saturated carbocycles. The van der Waals surface area contributed by atoms with E-state index in [-0.39, 0.29) is 16.2 Å². The van der Waals surface area contributed by atoms with Gasteiger partial charge in [-0.25, -0.2) is 4.79 Å². The maximum atomic E-state index is 11.8. The number of carbonyl (C=O) groups is 2. The number of nitrogens with one attached hydrogen (secondary N) is 1. The maximum absolute atomic E-state index is 11.8. The smallest absolute Gasteiger partial charge is 0.335 e. The Morgan fingerprint density at radius 1 is 1.32 bits per heavy atom. The van der Waals surface area contributed by atoms with E-state index in [9.17, 15) is 9.59 Å². The number of aryl methyl sites for hydroxylation is 1. The van der Waals surface area contributed by atoms with Gasteiger partial charge >= 0.3 is 5.97 Å². The second-order valence-electron chi connectivity index (χ2n) is 5.28. The number of carboxylic acids is 1. The average molecular weight is 281 g/mol. The molecule has 0 saturated heterocycles. The van der Waals surface area contributed by atoms with Crippen LogP contribution in [-0.4, -0.2) is 27.5 Å². The summed E-state index contributed by atoms with van der Waals surface area (Å²) in [5.74, 6) is -0.773. The Bertz CT molecular complexity index is 492. The van der Waals surface area contributed by atoms with Gasteiger partial charge in [0.2, 0.25) is 5.91 Å². The molecule has 0 fully saturated rings. The molecule has 0 atom stereocenters. The minimum Gasteiger partial charge on any atom is -0.478 e. The summed E-state index contributed by atoms with van der Waals surface area (Å²) < 4.78 is 0.0231. The number of aromatic carboxylic acids is 1. The lowest BCUT2D eigenvalue weighted by molar-refractivity contribution is -0.113. The molecule has 0 radical (unpaired) electrons. The highest BCUT2D eigenvalue weighted by atomic mass is 32.2. The van der Waals surface area contributed by atoms with Gasteiger partial charge in [-0.2, -0.15) is 0 Å². The quantitative estimate of drug-likeness (QED) is 0.889. The first-order valence-electron chi connectivity index (χ1n) is 5.97. The van der Waals surface area contributed by atoms with Gasteiger partial charge in [0.25, 0.3) is 0 Å². The molecule has 0 spiro atoms. The fraction of sp³-hybridized carbons (Fsp3) is 0.429. The number of amides is 1. The van der Waals surface area contributed by atoms with Crippen molar-refractivity contribution in [3.63, 3.8) is 0 Å². The second-order valence-corrected chi connectivity index (χ2v) is 7.09. The van der Waals surface area contributed by atoms with Gasteiger partial charge in [-0.05, 0) is 24.6 Å². The topological polar surface area (TPSA) is 66.4 Å². The van der Waals surface area contributed by atoms with Crippen LogP contribution >= 0.6 is 11.8 Å². The summed E-state index contributed by atoms with van der Waals surface area (Å²) in [6.07, 6.45) is 0. The van der Waals surface area contributed by atoms with Crippen LogP contribution in [0.15, 0.2) is 18.2 Å². The van der Waals surface area contributed by atoms with E-state index in [2.05, 4.69) is 5.32 Å². The Morgan fingerprint density at radius 3 is 2.47 bits per heavy atom. The van der Waals surface area contributed by atoms with Crippen molar-refractivity contribution in [1.82, 2.24) is 0 Å². The number of hydrogen-bond acceptors (Lipinski definition) is 3. The van der Waals surface area contributed by atoms with Gasteiger partial charge in [0.1, 0.15) is 0 Å². The fourth-order valence-electron chi connectivity index (χ4n) is 1.36. The number of anilines is 1. The zero-order chi connectivity index (χ0) is 14.6. The summed E-state index contributed by atoms with van der Waals surface area (Å²) in [7, 11) is 0. The van der Waals surface area contributed by atoms with Gasteiger partial charge < -0.3 is 10.4 Å². The summed E-state index contributed by atoms with van der Waals surface area (Å²) in [4.78, 5) is 22.7. The summed E-state index contributed by atoms with van der Waals surface area (Å²) in [5.41, 5.74) is 1.57. The molecular weight excluding hydrogens is 262 g/mol. The third-order valence-electron chi connectivity index (χ3n) is 2.39. The van der Waals surface area contributed by atoms with Gasteiger partial charge in [0, 0.05) is 10.4 Å². The van der Waals surface area contributed by atoms with Crippen molar-refractivity contribution < 1.29 is 14.7 Å². The first-order valence-corrected chi connectivity index (χ1v) is 6.95. The van der Waals surface area contributed by atoms with Crippen molar-refractivity contribution in [2.75, 3.05) is 11.1 Å². The van der Waals surface area contributed by atoms with Crippen LogP contribution < -0.4 is 5.32 Å². The molecule has 0 aliphatic rings. The molecule has 2 N–H and O–H groups in total. The summed E-state index contributed by atoms with van der Waals surface area (Å²) in [6, 6.07) is 4.70. The van der Waals surface area contributed by atoms with Crippen LogP contribution in [0.2, 0.25) is 0 Å². The van der Waals surface area contributed by atoms with Gasteiger partial charge in [-0.3, -0.25) is 4.79 Å². The highest BCUT2D eigenvalue weighted by Gasteiger charge is 2.14. The SMILES string of the molecule is Cc1ccc(C(=O)O)cc1NC(=O)CSC(C)(C)C. The Morgan fingerprint density at radius 2 is 1.95 bits per heavy atom. The van der Waals surface area contributed by atoms with Gasteiger partial charge in [0.15, 0.2) is 0 Å². The van der Waals surface area contributed by atoms with E-state index < -0.39 is 5.97 Å². The van der Waals surface area contributed by atoms with Crippen LogP contribution in [0.3, 0.4) is 0 Å². The monoisotopic (exact) mass is 281 g/mol. The molecule has 1 aromatic rings. The summed E-state index contributed by atoms with van der Waals surface area (Å²) in [5, 5.41) is 11.7. The third kappa shape index (κ3) is 5.34. The standard InChI is InChI=1S/C14H19NO3S/c1-9-5-6-10(13(17)18)7-11(9)15-12(16)8-19-14(2,3)4/h5-7H,8H2,1-4H3,(H,15,16)(H,17,18). The van der Waals surface area contributed by atoms with E-state index >= 15 is 0 Å². The van der Waals surface area contributed by atoms with Crippen LogP contribution in [0.1, 0.15) is 36.7 Å². The molecule has 0 aliphatic carbocycles. The Hall–Kier alpha value is -1.49. The van der Waals surface area contributed by atoms with E-state index in [1.54, 1.807) is 17.8 Å². The number of benzene rings is 1. The molecule has 1 aromatic carbocycles. The molecule has 5 heteroatoms.